The topological polar surface area (TPSA) is 75.6 Å². The Kier molecular flexibility index (Phi) is 12.6. The second-order valence-electron chi connectivity index (χ2n) is 12.5. The number of benzene rings is 2. The minimum Gasteiger partial charge on any atom is -0.494 e. The molecule has 2 saturated heterocycles. The summed E-state index contributed by atoms with van der Waals surface area (Å²) in [4.78, 5) is 0. The van der Waals surface area contributed by atoms with Gasteiger partial charge in [-0.1, -0.05) is 69.8 Å². The van der Waals surface area contributed by atoms with Crippen LogP contribution in [-0.2, 0) is 35.9 Å². The molecule has 2 fully saturated rings. The van der Waals surface area contributed by atoms with Gasteiger partial charge in [0.25, 0.3) is 0 Å². The maximum Gasteiger partial charge on any atom is 0.226 e. The van der Waals surface area contributed by atoms with Crippen LogP contribution in [0.15, 0.2) is 42.5 Å². The van der Waals surface area contributed by atoms with E-state index < -0.39 is 35.3 Å². The van der Waals surface area contributed by atoms with Gasteiger partial charge in [0, 0.05) is 30.4 Å². The zero-order valence-electron chi connectivity index (χ0n) is 27.5. The highest BCUT2D eigenvalue weighted by Crippen LogP contribution is 2.59. The lowest BCUT2D eigenvalue weighted by Gasteiger charge is -2.51. The summed E-state index contributed by atoms with van der Waals surface area (Å²) in [6.07, 6.45) is 4.50. The maximum absolute atomic E-state index is 11.1. The predicted molar refractivity (Wildman–Crippen MR) is 174 cm³/mol. The molecule has 2 aromatic rings. The first kappa shape index (κ1) is 35.1. The third-order valence-corrected chi connectivity index (χ3v) is 9.27. The lowest BCUT2D eigenvalue weighted by atomic mass is 9.76. The van der Waals surface area contributed by atoms with Crippen LogP contribution in [0.3, 0.4) is 0 Å². The van der Waals surface area contributed by atoms with E-state index in [0.29, 0.717) is 37.9 Å². The Morgan fingerprint density at radius 2 is 1.41 bits per heavy atom. The number of aliphatic hydroxyl groups excluding tert-OH is 1. The van der Waals surface area contributed by atoms with Crippen molar-refractivity contribution in [2.45, 2.75) is 122 Å². The van der Waals surface area contributed by atoms with Crippen molar-refractivity contribution in [3.63, 3.8) is 0 Å². The van der Waals surface area contributed by atoms with E-state index in [9.17, 15) is 5.11 Å². The zero-order valence-corrected chi connectivity index (χ0v) is 28.3. The molecule has 7 nitrogen and oxygen atoms in total. The second-order valence-corrected chi connectivity index (χ2v) is 12.9. The van der Waals surface area contributed by atoms with Crippen LogP contribution in [0.4, 0.5) is 0 Å². The molecule has 0 saturated carbocycles. The molecule has 5 atom stereocenters. The molecule has 1 N–H and O–H groups in total. The van der Waals surface area contributed by atoms with Crippen molar-refractivity contribution in [3.8, 4) is 5.75 Å². The summed E-state index contributed by atoms with van der Waals surface area (Å²) in [6, 6.07) is 14.0. The smallest absolute Gasteiger partial charge is 0.226 e. The van der Waals surface area contributed by atoms with Gasteiger partial charge in [0.2, 0.25) is 5.79 Å². The van der Waals surface area contributed by atoms with Crippen molar-refractivity contribution >= 4 is 11.6 Å². The Labute approximate surface area is 269 Å². The second kappa shape index (κ2) is 15.7. The largest absolute Gasteiger partial charge is 0.494 e. The average Bonchev–Trinajstić information content (AvgIpc) is 3.23. The van der Waals surface area contributed by atoms with E-state index >= 15 is 0 Å². The molecule has 2 aliphatic rings. The van der Waals surface area contributed by atoms with Crippen LogP contribution in [0, 0.1) is 0 Å². The van der Waals surface area contributed by atoms with Crippen molar-refractivity contribution in [1.82, 2.24) is 0 Å². The van der Waals surface area contributed by atoms with Crippen LogP contribution in [0.2, 0.25) is 5.02 Å². The van der Waals surface area contributed by atoms with Gasteiger partial charge in [-0.25, -0.2) is 0 Å². The Bertz CT molecular complexity index is 1170. The zero-order chi connectivity index (χ0) is 31.8. The molecule has 0 radical (unpaired) electrons. The number of fused-ring (bicyclic) bond motifs is 2. The molecule has 0 unspecified atom stereocenters. The standard InChI is InChI=1S/C36H53ClO7/c1-7-11-20-40-31-32(41-21-12-8-2)35(25-38)34(5,6)43-36(44-35,33(31)42-22-13-9-3)28-16-19-30(37)27(24-28)23-26-14-17-29(18-15-26)39-10-4/h14-19,24,31-33,38H,7-13,20-23,25H2,1-6H3/t31-,32-,33+,35+,36-/m0/s1. The lowest BCUT2D eigenvalue weighted by molar-refractivity contribution is -0.349. The summed E-state index contributed by atoms with van der Waals surface area (Å²) >= 11 is 6.80. The van der Waals surface area contributed by atoms with Crippen molar-refractivity contribution in [3.05, 3.63) is 64.2 Å². The van der Waals surface area contributed by atoms with E-state index in [2.05, 4.69) is 39.0 Å². The predicted octanol–water partition coefficient (Wildman–Crippen LogP) is 7.61. The number of hydrogen-bond donors (Lipinski definition) is 1. The summed E-state index contributed by atoms with van der Waals surface area (Å²) in [5, 5.41) is 11.8. The fraction of sp³-hybridized carbons (Fsp3) is 0.667. The van der Waals surface area contributed by atoms with E-state index in [1.165, 1.54) is 0 Å². The number of ether oxygens (including phenoxy) is 6. The summed E-state index contributed by atoms with van der Waals surface area (Å²) < 4.78 is 39.7. The minimum absolute atomic E-state index is 0.291. The van der Waals surface area contributed by atoms with Crippen LogP contribution in [0.5, 0.6) is 5.75 Å². The Morgan fingerprint density at radius 1 is 0.795 bits per heavy atom. The summed E-state index contributed by atoms with van der Waals surface area (Å²) in [6.45, 7) is 14.2. The fourth-order valence-electron chi connectivity index (χ4n) is 6.33. The van der Waals surface area contributed by atoms with E-state index in [1.807, 2.05) is 45.0 Å². The summed E-state index contributed by atoms with van der Waals surface area (Å²) in [7, 11) is 0. The van der Waals surface area contributed by atoms with Gasteiger partial charge in [0.05, 0.1) is 13.2 Å². The maximum atomic E-state index is 11.1. The molecule has 4 rings (SSSR count). The molecule has 246 valence electrons. The minimum atomic E-state index is -1.35. The first-order valence-corrected chi connectivity index (χ1v) is 17.0. The molecule has 2 aliphatic heterocycles. The van der Waals surface area contributed by atoms with E-state index in [-0.39, 0.29) is 6.61 Å². The summed E-state index contributed by atoms with van der Waals surface area (Å²) in [5.74, 6) is -0.510. The fourth-order valence-corrected chi connectivity index (χ4v) is 6.51. The molecule has 0 aliphatic carbocycles. The Morgan fingerprint density at radius 3 is 2.00 bits per heavy atom. The highest BCUT2D eigenvalue weighted by molar-refractivity contribution is 6.31. The van der Waals surface area contributed by atoms with Gasteiger partial charge >= 0.3 is 0 Å². The first-order valence-electron chi connectivity index (χ1n) is 16.6. The van der Waals surface area contributed by atoms with Gasteiger partial charge < -0.3 is 33.5 Å². The van der Waals surface area contributed by atoms with Crippen LogP contribution in [0.25, 0.3) is 0 Å². The third kappa shape index (κ3) is 7.15. The highest BCUT2D eigenvalue weighted by atomic mass is 35.5. The Balaban J connectivity index is 1.81. The van der Waals surface area contributed by atoms with Gasteiger partial charge in [0.15, 0.2) is 5.60 Å². The molecule has 2 bridgehead atoms. The number of aliphatic hydroxyl groups is 1. The van der Waals surface area contributed by atoms with Crippen molar-refractivity contribution in [2.75, 3.05) is 33.0 Å². The highest BCUT2D eigenvalue weighted by Gasteiger charge is 2.75. The number of halogens is 1. The van der Waals surface area contributed by atoms with E-state index in [1.54, 1.807) is 0 Å². The van der Waals surface area contributed by atoms with Crippen molar-refractivity contribution in [1.29, 1.82) is 0 Å². The number of hydrogen-bond acceptors (Lipinski definition) is 7. The van der Waals surface area contributed by atoms with Gasteiger partial charge in [0.1, 0.15) is 29.7 Å². The van der Waals surface area contributed by atoms with Crippen LogP contribution < -0.4 is 4.74 Å². The Hall–Kier alpha value is -1.71. The molecule has 2 aromatic carbocycles. The monoisotopic (exact) mass is 632 g/mol. The SMILES string of the molecule is CCCCO[C@@H]1[C@@H](OCCCC)[C@@]2(c3ccc(Cl)c(Cc4ccc(OCC)cc4)c3)OC(C)(C)[C@](CO)(O2)[C@H]1OCCCC. The third-order valence-electron chi connectivity index (χ3n) is 8.90. The number of rotatable bonds is 18. The number of unbranched alkanes of at least 4 members (excludes halogenated alkanes) is 3. The van der Waals surface area contributed by atoms with Crippen LogP contribution >= 0.6 is 11.6 Å². The molecule has 2 heterocycles. The van der Waals surface area contributed by atoms with Crippen molar-refractivity contribution in [2.24, 2.45) is 0 Å². The quantitative estimate of drug-likeness (QED) is 0.170. The average molecular weight is 633 g/mol. The lowest BCUT2D eigenvalue weighted by Crippen LogP contribution is -2.70. The summed E-state index contributed by atoms with van der Waals surface area (Å²) in [5.41, 5.74) is 0.711. The van der Waals surface area contributed by atoms with Crippen LogP contribution in [0.1, 0.15) is 96.8 Å². The van der Waals surface area contributed by atoms with Gasteiger partial charge in [-0.05, 0) is 81.8 Å². The van der Waals surface area contributed by atoms with Crippen molar-refractivity contribution < 1.29 is 33.5 Å². The van der Waals surface area contributed by atoms with E-state index in [0.717, 1.165) is 61.0 Å². The normalized spacial score (nSPS) is 27.5. The molecule has 0 amide bonds. The molecule has 0 aromatic heterocycles. The molecule has 0 spiro atoms. The first-order chi connectivity index (χ1) is 21.2. The van der Waals surface area contributed by atoms with Crippen LogP contribution in [-0.4, -0.2) is 67.7 Å². The van der Waals surface area contributed by atoms with Gasteiger partial charge in [-0.3, -0.25) is 0 Å². The molecule has 44 heavy (non-hydrogen) atoms. The molecular weight excluding hydrogens is 580 g/mol. The van der Waals surface area contributed by atoms with E-state index in [4.69, 9.17) is 40.0 Å². The van der Waals surface area contributed by atoms with Gasteiger partial charge in [-0.15, -0.1) is 0 Å². The molecular formula is C36H53ClO7. The van der Waals surface area contributed by atoms with Gasteiger partial charge in [-0.2, -0.15) is 0 Å². The molecule has 8 heteroatoms.